The molecule has 1 unspecified atom stereocenters. The van der Waals surface area contributed by atoms with Crippen LogP contribution in [0.25, 0.3) is 11.4 Å². The van der Waals surface area contributed by atoms with Gasteiger partial charge in [-0.15, -0.1) is 0 Å². The van der Waals surface area contributed by atoms with E-state index in [1.807, 2.05) is 4.90 Å². The topological polar surface area (TPSA) is 90.2 Å². The van der Waals surface area contributed by atoms with Crippen LogP contribution in [0.3, 0.4) is 0 Å². The molecule has 154 valence electrons. The Labute approximate surface area is 182 Å². The largest absolute Gasteiger partial charge is 0.366 e. The van der Waals surface area contributed by atoms with Gasteiger partial charge in [0.1, 0.15) is 12.4 Å². The number of anilines is 1. The number of carbonyl (C=O) groups is 1. The third kappa shape index (κ3) is 4.07. The zero-order chi connectivity index (χ0) is 21.3. The number of ether oxygens (including phenoxy) is 1. The summed E-state index contributed by atoms with van der Waals surface area (Å²) in [7, 11) is 1.64. The normalized spacial score (nSPS) is 16.5. The van der Waals surface area contributed by atoms with Gasteiger partial charge in [-0.1, -0.05) is 23.2 Å². The van der Waals surface area contributed by atoms with E-state index in [4.69, 9.17) is 27.9 Å². The van der Waals surface area contributed by atoms with Crippen LogP contribution in [-0.2, 0) is 11.8 Å². The number of nitrogens with zero attached hydrogens (tertiary/aromatic N) is 5. The van der Waals surface area contributed by atoms with Gasteiger partial charge in [-0.2, -0.15) is 0 Å². The highest BCUT2D eigenvalue weighted by Crippen LogP contribution is 2.25. The molecule has 8 nitrogen and oxygen atoms in total. The second-order valence-corrected chi connectivity index (χ2v) is 7.55. The number of hydrogen-bond acceptors (Lipinski definition) is 7. The van der Waals surface area contributed by atoms with E-state index in [1.54, 1.807) is 31.4 Å². The molecule has 0 radical (unpaired) electrons. The van der Waals surface area contributed by atoms with Crippen molar-refractivity contribution in [3.63, 3.8) is 0 Å². The van der Waals surface area contributed by atoms with Gasteiger partial charge in [0.25, 0.3) is 5.56 Å². The third-order valence-electron chi connectivity index (χ3n) is 4.80. The van der Waals surface area contributed by atoms with E-state index < -0.39 is 6.10 Å². The van der Waals surface area contributed by atoms with Crippen LogP contribution in [0, 0.1) is 0 Å². The van der Waals surface area contributed by atoms with Crippen LogP contribution >= 0.6 is 23.2 Å². The number of rotatable bonds is 4. The molecule has 0 bridgehead atoms. The van der Waals surface area contributed by atoms with E-state index >= 15 is 0 Å². The van der Waals surface area contributed by atoms with Gasteiger partial charge in [0.15, 0.2) is 5.78 Å². The molecule has 1 saturated heterocycles. The van der Waals surface area contributed by atoms with Crippen LogP contribution in [0.1, 0.15) is 10.4 Å². The lowest BCUT2D eigenvalue weighted by atomic mass is 10.0. The SMILES string of the molecule is Cn1c(N2CCOC(C(=O)c3ccc(Cl)c(Cl)c3)C2)nc(-c2ccncn2)cc1=O. The standard InChI is InChI=1S/C20H17Cl2N5O3/c1-26-18(28)9-16(15-4-5-23-11-24-15)25-20(26)27-6-7-30-17(10-27)19(29)12-2-3-13(21)14(22)8-12/h2-5,8-9,11,17H,6-7,10H2,1H3. The molecule has 0 N–H and O–H groups in total. The first-order chi connectivity index (χ1) is 14.4. The van der Waals surface area contributed by atoms with Gasteiger partial charge < -0.3 is 9.64 Å². The first-order valence-electron chi connectivity index (χ1n) is 9.14. The lowest BCUT2D eigenvalue weighted by Gasteiger charge is -2.33. The van der Waals surface area contributed by atoms with Gasteiger partial charge in [0, 0.05) is 31.4 Å². The van der Waals surface area contributed by atoms with Crippen LogP contribution in [0.15, 0.2) is 47.7 Å². The van der Waals surface area contributed by atoms with E-state index in [1.165, 1.54) is 23.0 Å². The number of ketones is 1. The molecule has 1 aromatic carbocycles. The van der Waals surface area contributed by atoms with E-state index in [0.29, 0.717) is 46.1 Å². The molecule has 0 saturated carbocycles. The van der Waals surface area contributed by atoms with Gasteiger partial charge >= 0.3 is 0 Å². The molecule has 0 amide bonds. The van der Waals surface area contributed by atoms with Gasteiger partial charge in [-0.3, -0.25) is 14.2 Å². The molecule has 1 aliphatic heterocycles. The monoisotopic (exact) mass is 445 g/mol. The fraction of sp³-hybridized carbons (Fsp3) is 0.250. The molecule has 10 heteroatoms. The van der Waals surface area contributed by atoms with Crippen molar-refractivity contribution in [3.8, 4) is 11.4 Å². The second-order valence-electron chi connectivity index (χ2n) is 6.73. The Morgan fingerprint density at radius 3 is 2.73 bits per heavy atom. The highest BCUT2D eigenvalue weighted by molar-refractivity contribution is 6.42. The van der Waals surface area contributed by atoms with Crippen molar-refractivity contribution in [1.82, 2.24) is 19.5 Å². The average molecular weight is 446 g/mol. The molecule has 0 spiro atoms. The molecule has 1 aliphatic rings. The zero-order valence-electron chi connectivity index (χ0n) is 16.0. The highest BCUT2D eigenvalue weighted by Gasteiger charge is 2.30. The summed E-state index contributed by atoms with van der Waals surface area (Å²) < 4.78 is 7.14. The lowest BCUT2D eigenvalue weighted by Crippen LogP contribution is -2.48. The lowest BCUT2D eigenvalue weighted by molar-refractivity contribution is 0.0337. The Morgan fingerprint density at radius 1 is 1.17 bits per heavy atom. The van der Waals surface area contributed by atoms with Crippen LogP contribution in [0.4, 0.5) is 5.95 Å². The van der Waals surface area contributed by atoms with Crippen LogP contribution in [0.2, 0.25) is 10.0 Å². The van der Waals surface area contributed by atoms with Crippen LogP contribution < -0.4 is 10.5 Å². The average Bonchev–Trinajstić information content (AvgIpc) is 2.77. The molecule has 4 rings (SSSR count). The number of morpholine rings is 1. The van der Waals surface area contributed by atoms with E-state index in [9.17, 15) is 9.59 Å². The van der Waals surface area contributed by atoms with Crippen molar-refractivity contribution >= 4 is 34.9 Å². The molecule has 3 aromatic rings. The molecule has 2 aromatic heterocycles. The Morgan fingerprint density at radius 2 is 2.00 bits per heavy atom. The Balaban J connectivity index is 1.63. The minimum Gasteiger partial charge on any atom is -0.366 e. The van der Waals surface area contributed by atoms with Crippen molar-refractivity contribution in [2.75, 3.05) is 24.6 Å². The summed E-state index contributed by atoms with van der Waals surface area (Å²) in [5.41, 5.74) is 1.16. The smallest absolute Gasteiger partial charge is 0.255 e. The predicted molar refractivity (Wildman–Crippen MR) is 113 cm³/mol. The number of aromatic nitrogens is 4. The van der Waals surface area contributed by atoms with Crippen molar-refractivity contribution in [1.29, 1.82) is 0 Å². The summed E-state index contributed by atoms with van der Waals surface area (Å²) >= 11 is 12.0. The molecular formula is C20H17Cl2N5O3. The summed E-state index contributed by atoms with van der Waals surface area (Å²) in [6, 6.07) is 7.82. The maximum absolute atomic E-state index is 12.9. The fourth-order valence-corrected chi connectivity index (χ4v) is 3.51. The number of carbonyl (C=O) groups excluding carboxylic acids is 1. The number of halogens is 2. The molecular weight excluding hydrogens is 429 g/mol. The number of Topliss-reactive ketones (excluding diaryl/α,β-unsaturated/α-hetero) is 1. The molecule has 1 atom stereocenters. The van der Waals surface area contributed by atoms with Gasteiger partial charge in [-0.05, 0) is 24.3 Å². The van der Waals surface area contributed by atoms with Crippen molar-refractivity contribution < 1.29 is 9.53 Å². The van der Waals surface area contributed by atoms with E-state index in [-0.39, 0.29) is 17.9 Å². The van der Waals surface area contributed by atoms with Crippen LogP contribution in [0.5, 0.6) is 0 Å². The summed E-state index contributed by atoms with van der Waals surface area (Å²) in [5, 5.41) is 0.678. The predicted octanol–water partition coefficient (Wildman–Crippen LogP) is 2.63. The minimum atomic E-state index is -0.726. The highest BCUT2D eigenvalue weighted by atomic mass is 35.5. The molecule has 1 fully saturated rings. The van der Waals surface area contributed by atoms with E-state index in [2.05, 4.69) is 15.0 Å². The Bertz CT molecular complexity index is 1150. The first kappa shape index (κ1) is 20.5. The quantitative estimate of drug-likeness (QED) is 0.570. The van der Waals surface area contributed by atoms with Gasteiger partial charge in [-0.25, -0.2) is 15.0 Å². The van der Waals surface area contributed by atoms with Gasteiger partial charge in [0.2, 0.25) is 5.95 Å². The summed E-state index contributed by atoms with van der Waals surface area (Å²) in [4.78, 5) is 40.0. The van der Waals surface area contributed by atoms with Crippen LogP contribution in [-0.4, -0.2) is 51.1 Å². The fourth-order valence-electron chi connectivity index (χ4n) is 3.21. The summed E-state index contributed by atoms with van der Waals surface area (Å²) in [6.45, 7) is 1.04. The number of benzene rings is 1. The van der Waals surface area contributed by atoms with E-state index in [0.717, 1.165) is 0 Å². The Kier molecular flexibility index (Phi) is 5.80. The molecule has 30 heavy (non-hydrogen) atoms. The zero-order valence-corrected chi connectivity index (χ0v) is 17.5. The van der Waals surface area contributed by atoms with Crippen molar-refractivity contribution in [2.45, 2.75) is 6.10 Å². The third-order valence-corrected chi connectivity index (χ3v) is 5.54. The second kappa shape index (κ2) is 8.51. The first-order valence-corrected chi connectivity index (χ1v) is 9.90. The minimum absolute atomic E-state index is 0.213. The molecule has 0 aliphatic carbocycles. The maximum atomic E-state index is 12.9. The molecule has 3 heterocycles. The summed E-state index contributed by atoms with van der Waals surface area (Å²) in [5.74, 6) is 0.224. The maximum Gasteiger partial charge on any atom is 0.255 e. The Hall–Kier alpha value is -2.81. The van der Waals surface area contributed by atoms with Crippen molar-refractivity contribution in [3.05, 3.63) is 68.8 Å². The van der Waals surface area contributed by atoms with Crippen molar-refractivity contribution in [2.24, 2.45) is 7.05 Å². The van der Waals surface area contributed by atoms with Gasteiger partial charge in [0.05, 0.1) is 34.6 Å². The number of hydrogen-bond donors (Lipinski definition) is 0. The summed E-state index contributed by atoms with van der Waals surface area (Å²) in [6.07, 6.45) is 2.26.